The fourth-order valence-electron chi connectivity index (χ4n) is 4.90. The summed E-state index contributed by atoms with van der Waals surface area (Å²) in [6, 6.07) is 14.5. The Balaban J connectivity index is 1.70. The summed E-state index contributed by atoms with van der Waals surface area (Å²) in [4.78, 5) is 4.87. The minimum Gasteiger partial charge on any atom is -0.507 e. The van der Waals surface area contributed by atoms with Gasteiger partial charge in [0.2, 0.25) is 0 Å². The van der Waals surface area contributed by atoms with Crippen LogP contribution < -0.4 is 4.74 Å². The highest BCUT2D eigenvalue weighted by Gasteiger charge is 2.39. The number of phenols is 1. The molecule has 0 amide bonds. The fourth-order valence-corrected chi connectivity index (χ4v) is 4.90. The smallest absolute Gasteiger partial charge is 0.128 e. The van der Waals surface area contributed by atoms with Gasteiger partial charge in [-0.05, 0) is 48.8 Å². The van der Waals surface area contributed by atoms with Gasteiger partial charge >= 0.3 is 0 Å². The number of ether oxygens (including phenoxy) is 1. The topological polar surface area (TPSA) is 41.8 Å². The molecule has 0 aromatic heterocycles. The van der Waals surface area contributed by atoms with E-state index in [0.29, 0.717) is 11.8 Å². The van der Waals surface area contributed by atoms with E-state index in [9.17, 15) is 5.11 Å². The molecule has 3 unspecified atom stereocenters. The van der Waals surface area contributed by atoms with E-state index in [-0.39, 0.29) is 5.41 Å². The van der Waals surface area contributed by atoms with Crippen LogP contribution in [-0.2, 0) is 5.41 Å². The fraction of sp³-hybridized carbons (Fsp3) is 0.458. The minimum atomic E-state index is -0.338. The summed E-state index contributed by atoms with van der Waals surface area (Å²) in [5.41, 5.74) is 2.43. The van der Waals surface area contributed by atoms with Gasteiger partial charge in [-0.1, -0.05) is 50.6 Å². The van der Waals surface area contributed by atoms with Crippen LogP contribution in [0.25, 0.3) is 0 Å². The van der Waals surface area contributed by atoms with Gasteiger partial charge in [-0.25, -0.2) is 0 Å². The number of hydrogen-bond donors (Lipinski definition) is 1. The molecule has 0 spiro atoms. The normalized spacial score (nSPS) is 24.6. The first kappa shape index (κ1) is 18.1. The van der Waals surface area contributed by atoms with Crippen LogP contribution in [0, 0.1) is 11.8 Å². The van der Waals surface area contributed by atoms with Gasteiger partial charge in [0.1, 0.15) is 11.5 Å². The molecule has 0 radical (unpaired) electrons. The molecule has 0 saturated heterocycles. The number of fused-ring (bicyclic) bond motifs is 2. The maximum Gasteiger partial charge on any atom is 0.128 e. The molecule has 0 aliphatic heterocycles. The molecular formula is C24H29NO2. The first-order valence-electron chi connectivity index (χ1n) is 9.99. The zero-order valence-electron chi connectivity index (χ0n) is 16.5. The van der Waals surface area contributed by atoms with Crippen molar-refractivity contribution in [2.24, 2.45) is 16.8 Å². The maximum absolute atomic E-state index is 11.1. The first-order valence-corrected chi connectivity index (χ1v) is 9.99. The second-order valence-corrected chi connectivity index (χ2v) is 8.62. The van der Waals surface area contributed by atoms with E-state index >= 15 is 0 Å². The van der Waals surface area contributed by atoms with Gasteiger partial charge < -0.3 is 9.84 Å². The van der Waals surface area contributed by atoms with Crippen LogP contribution in [0.5, 0.6) is 11.5 Å². The molecule has 2 bridgehead atoms. The molecule has 2 fully saturated rings. The first-order chi connectivity index (χ1) is 13.0. The summed E-state index contributed by atoms with van der Waals surface area (Å²) in [6.45, 7) is 4.27. The number of phenolic OH excluding ortho intramolecular Hbond substituents is 1. The van der Waals surface area contributed by atoms with Crippen molar-refractivity contribution in [1.29, 1.82) is 0 Å². The van der Waals surface area contributed by atoms with Crippen LogP contribution in [0.2, 0.25) is 0 Å². The van der Waals surface area contributed by atoms with Crippen molar-refractivity contribution in [3.05, 3.63) is 59.2 Å². The third-order valence-corrected chi connectivity index (χ3v) is 6.62. The van der Waals surface area contributed by atoms with Crippen LogP contribution in [0.4, 0.5) is 0 Å². The van der Waals surface area contributed by atoms with Crippen LogP contribution in [0.1, 0.15) is 56.2 Å². The molecule has 27 heavy (non-hydrogen) atoms. The second-order valence-electron chi connectivity index (χ2n) is 8.62. The van der Waals surface area contributed by atoms with Gasteiger partial charge in [0.15, 0.2) is 0 Å². The van der Waals surface area contributed by atoms with E-state index in [1.54, 1.807) is 7.11 Å². The van der Waals surface area contributed by atoms with Crippen LogP contribution in [-0.4, -0.2) is 24.5 Å². The van der Waals surface area contributed by atoms with Gasteiger partial charge in [0, 0.05) is 22.8 Å². The van der Waals surface area contributed by atoms with Gasteiger partial charge in [-0.3, -0.25) is 4.99 Å². The summed E-state index contributed by atoms with van der Waals surface area (Å²) >= 11 is 0. The number of benzene rings is 2. The molecule has 2 aromatic carbocycles. The molecule has 4 rings (SSSR count). The molecule has 3 heteroatoms. The van der Waals surface area contributed by atoms with E-state index in [1.807, 2.05) is 36.5 Å². The molecule has 3 nitrogen and oxygen atoms in total. The van der Waals surface area contributed by atoms with Gasteiger partial charge in [-0.2, -0.15) is 0 Å². The number of rotatable bonds is 5. The summed E-state index contributed by atoms with van der Waals surface area (Å²) in [5, 5.41) is 11.1. The monoisotopic (exact) mass is 363 g/mol. The molecular weight excluding hydrogens is 334 g/mol. The van der Waals surface area contributed by atoms with Crippen molar-refractivity contribution in [2.75, 3.05) is 7.11 Å². The number of hydrogen-bond acceptors (Lipinski definition) is 3. The van der Waals surface area contributed by atoms with Crippen molar-refractivity contribution in [1.82, 2.24) is 0 Å². The van der Waals surface area contributed by atoms with Crippen molar-refractivity contribution >= 4 is 6.21 Å². The Morgan fingerprint density at radius 3 is 2.52 bits per heavy atom. The Hall–Kier alpha value is -2.29. The summed E-state index contributed by atoms with van der Waals surface area (Å²) in [5.74, 6) is 2.65. The number of aliphatic imine (C=N–C) groups is 1. The van der Waals surface area contributed by atoms with Crippen LogP contribution >= 0.6 is 0 Å². The molecule has 0 heterocycles. The van der Waals surface area contributed by atoms with E-state index in [2.05, 4.69) is 26.0 Å². The highest BCUT2D eigenvalue weighted by molar-refractivity contribution is 5.85. The van der Waals surface area contributed by atoms with Gasteiger partial charge in [0.05, 0.1) is 13.2 Å². The average Bonchev–Trinajstić information content (AvgIpc) is 3.31. The molecule has 142 valence electrons. The Morgan fingerprint density at radius 1 is 1.11 bits per heavy atom. The lowest BCUT2D eigenvalue weighted by atomic mass is 9.77. The standard InChI is InChI=1S/C24H29NO2/c1-24(2,19-7-5-4-6-8-19)21-14-20(27-3)13-18(23(21)26)15-25-22-12-16-9-10-17(22)11-16/h4-8,13-17,22,26H,9-12H2,1-3H3. The predicted molar refractivity (Wildman–Crippen MR) is 110 cm³/mol. The quantitative estimate of drug-likeness (QED) is 0.729. The Labute approximate surface area is 162 Å². The zero-order valence-corrected chi connectivity index (χ0v) is 16.5. The SMILES string of the molecule is COc1cc(C=NC2CC3CCC2C3)c(O)c(C(C)(C)c2ccccc2)c1. The number of aromatic hydroxyl groups is 1. The molecule has 2 aromatic rings. The maximum atomic E-state index is 11.1. The molecule has 1 N–H and O–H groups in total. The number of methoxy groups -OCH3 is 1. The van der Waals surface area contributed by atoms with E-state index in [4.69, 9.17) is 9.73 Å². The summed E-state index contributed by atoms with van der Waals surface area (Å²) in [7, 11) is 1.67. The van der Waals surface area contributed by atoms with Crippen molar-refractivity contribution < 1.29 is 9.84 Å². The molecule has 2 aliphatic carbocycles. The zero-order chi connectivity index (χ0) is 19.0. The number of nitrogens with zero attached hydrogens (tertiary/aromatic N) is 1. The van der Waals surface area contributed by atoms with Crippen molar-refractivity contribution in [3.8, 4) is 11.5 Å². The Kier molecular flexibility index (Phi) is 4.71. The summed E-state index contributed by atoms with van der Waals surface area (Å²) in [6.07, 6.45) is 7.08. The largest absolute Gasteiger partial charge is 0.507 e. The Morgan fingerprint density at radius 2 is 1.89 bits per heavy atom. The predicted octanol–water partition coefficient (Wildman–Crippen LogP) is 5.33. The molecule has 3 atom stereocenters. The molecule has 2 aliphatic rings. The molecule has 2 saturated carbocycles. The lowest BCUT2D eigenvalue weighted by Crippen LogP contribution is -2.19. The highest BCUT2D eigenvalue weighted by atomic mass is 16.5. The average molecular weight is 364 g/mol. The second kappa shape index (κ2) is 7.03. The van der Waals surface area contributed by atoms with E-state index < -0.39 is 0 Å². The summed E-state index contributed by atoms with van der Waals surface area (Å²) < 4.78 is 5.53. The van der Waals surface area contributed by atoms with E-state index in [1.165, 1.54) is 25.7 Å². The van der Waals surface area contributed by atoms with Gasteiger partial charge in [0.25, 0.3) is 0 Å². The van der Waals surface area contributed by atoms with Crippen molar-refractivity contribution in [2.45, 2.75) is 51.0 Å². The van der Waals surface area contributed by atoms with Crippen LogP contribution in [0.3, 0.4) is 0 Å². The minimum absolute atomic E-state index is 0.302. The third-order valence-electron chi connectivity index (χ3n) is 6.62. The van der Waals surface area contributed by atoms with Crippen LogP contribution in [0.15, 0.2) is 47.5 Å². The highest BCUT2D eigenvalue weighted by Crippen LogP contribution is 2.46. The van der Waals surface area contributed by atoms with Gasteiger partial charge in [-0.15, -0.1) is 0 Å². The van der Waals surface area contributed by atoms with E-state index in [0.717, 1.165) is 34.3 Å². The lowest BCUT2D eigenvalue weighted by Gasteiger charge is -2.28. The third kappa shape index (κ3) is 3.36. The lowest BCUT2D eigenvalue weighted by molar-refractivity contribution is 0.406. The van der Waals surface area contributed by atoms with Crippen molar-refractivity contribution in [3.63, 3.8) is 0 Å². The Bertz CT molecular complexity index is 841.